The topological polar surface area (TPSA) is 148 Å². The molecule has 0 atom stereocenters. The van der Waals surface area contributed by atoms with Crippen molar-refractivity contribution in [2.24, 2.45) is 11.8 Å². The van der Waals surface area contributed by atoms with Crippen LogP contribution in [0, 0.1) is 48.3 Å². The molecule has 62 heavy (non-hydrogen) atoms. The molecule has 2 saturated heterocycles. The number of nitrogens with zero attached hydrogens (tertiary/aromatic N) is 4. The van der Waals surface area contributed by atoms with Crippen molar-refractivity contribution in [2.45, 2.75) is 91.9 Å². The van der Waals surface area contributed by atoms with Gasteiger partial charge in [-0.25, -0.2) is 0 Å². The molecule has 6 rings (SSSR count). The summed E-state index contributed by atoms with van der Waals surface area (Å²) in [5, 5.41) is 17.6. The number of piperidine rings is 2. The molecule has 324 valence electrons. The van der Waals surface area contributed by atoms with E-state index < -0.39 is 0 Å². The number of carbonyl (C=O) groups is 4. The Labute approximate surface area is 377 Å². The lowest BCUT2D eigenvalue weighted by atomic mass is 9.88. The number of nitrogen functional groups attached to an aromatic ring is 1. The molecule has 0 unspecified atom stereocenters. The molecule has 0 aromatic heterocycles. The summed E-state index contributed by atoms with van der Waals surface area (Å²) in [4.78, 5) is 52.2. The van der Waals surface area contributed by atoms with Gasteiger partial charge < -0.3 is 15.5 Å². The van der Waals surface area contributed by atoms with Crippen LogP contribution in [0.1, 0.15) is 131 Å². The monoisotopic (exact) mass is 871 g/mol. The lowest BCUT2D eigenvalue weighted by Gasteiger charge is -2.32. The number of carbonyl (C=O) groups excluding carboxylic acids is 4. The third kappa shape index (κ3) is 14.2. The molecule has 0 aliphatic carbocycles. The molecule has 0 bridgehead atoms. The fourth-order valence-corrected chi connectivity index (χ4v) is 7.60. The van der Waals surface area contributed by atoms with Crippen LogP contribution in [0.15, 0.2) is 84.9 Å². The zero-order valence-electron chi connectivity index (χ0n) is 36.7. The SMILES string of the molecule is CC(C)C(=O)Cl.Cc1ccc(C(=O)N2CCC(c3ccc(C#N)cc3)CC2)cc1CC(=S)CC(=O)C(C)C.Cc1ccc(C(=O)N2CCC(c3ccc(C#N)cc3)CC2)cc1N. The van der Waals surface area contributed by atoms with Crippen molar-refractivity contribution in [1.82, 2.24) is 9.80 Å². The molecule has 9 nitrogen and oxygen atoms in total. The quantitative estimate of drug-likeness (QED) is 0.0941. The van der Waals surface area contributed by atoms with Gasteiger partial charge in [0.1, 0.15) is 5.78 Å². The Kier molecular flexibility index (Phi) is 18.6. The first-order valence-electron chi connectivity index (χ1n) is 21.3. The number of benzene rings is 4. The number of likely N-dealkylation sites (tertiary alicyclic amines) is 2. The van der Waals surface area contributed by atoms with Crippen molar-refractivity contribution >= 4 is 57.2 Å². The van der Waals surface area contributed by atoms with Crippen molar-refractivity contribution < 1.29 is 19.2 Å². The third-order valence-corrected chi connectivity index (χ3v) is 12.3. The van der Waals surface area contributed by atoms with E-state index >= 15 is 0 Å². The second-order valence-electron chi connectivity index (χ2n) is 16.8. The number of halogens is 1. The molecular formula is C51H58ClN5O4S. The number of Topliss-reactive ketones (excluding diaryl/α,β-unsaturated/α-hetero) is 1. The molecule has 4 aromatic carbocycles. The van der Waals surface area contributed by atoms with Gasteiger partial charge in [0.2, 0.25) is 5.24 Å². The van der Waals surface area contributed by atoms with Crippen molar-refractivity contribution in [3.05, 3.63) is 135 Å². The third-order valence-electron chi connectivity index (χ3n) is 11.6. The van der Waals surface area contributed by atoms with Crippen LogP contribution in [0.25, 0.3) is 0 Å². The van der Waals surface area contributed by atoms with Crippen LogP contribution < -0.4 is 5.73 Å². The van der Waals surface area contributed by atoms with Crippen LogP contribution in [-0.4, -0.2) is 63.7 Å². The van der Waals surface area contributed by atoms with E-state index in [2.05, 4.69) is 12.1 Å². The molecule has 2 fully saturated rings. The van der Waals surface area contributed by atoms with Crippen molar-refractivity contribution in [3.8, 4) is 12.1 Å². The fourth-order valence-electron chi connectivity index (χ4n) is 7.30. The Morgan fingerprint density at radius 1 is 0.677 bits per heavy atom. The number of nitriles is 2. The van der Waals surface area contributed by atoms with E-state index in [9.17, 15) is 19.2 Å². The van der Waals surface area contributed by atoms with E-state index in [1.54, 1.807) is 19.9 Å². The van der Waals surface area contributed by atoms with Crippen LogP contribution in [0.4, 0.5) is 5.69 Å². The van der Waals surface area contributed by atoms with E-state index in [1.807, 2.05) is 116 Å². The minimum atomic E-state index is -0.269. The molecule has 2 amide bonds. The molecule has 2 aliphatic heterocycles. The zero-order valence-corrected chi connectivity index (χ0v) is 38.3. The second-order valence-corrected chi connectivity index (χ2v) is 17.7. The van der Waals surface area contributed by atoms with Gasteiger partial charge in [-0.1, -0.05) is 76.3 Å². The number of ketones is 1. The highest BCUT2D eigenvalue weighted by Gasteiger charge is 2.26. The summed E-state index contributed by atoms with van der Waals surface area (Å²) in [6.45, 7) is 14.2. The van der Waals surface area contributed by atoms with E-state index in [0.717, 1.165) is 60.3 Å². The molecule has 2 heterocycles. The van der Waals surface area contributed by atoms with Gasteiger partial charge in [-0.15, -0.1) is 0 Å². The van der Waals surface area contributed by atoms with Gasteiger partial charge in [-0.05, 0) is 139 Å². The molecule has 0 radical (unpaired) electrons. The maximum Gasteiger partial charge on any atom is 0.253 e. The predicted octanol–water partition coefficient (Wildman–Crippen LogP) is 10.3. The number of thiocarbonyl (C=S) groups is 1. The van der Waals surface area contributed by atoms with Crippen molar-refractivity contribution in [1.29, 1.82) is 10.5 Å². The van der Waals surface area contributed by atoms with Crippen LogP contribution >= 0.6 is 23.8 Å². The average Bonchev–Trinajstić information content (AvgIpc) is 3.28. The number of aryl methyl sites for hydroxylation is 2. The maximum absolute atomic E-state index is 13.1. The smallest absolute Gasteiger partial charge is 0.253 e. The Morgan fingerprint density at radius 2 is 1.08 bits per heavy atom. The molecule has 2 aliphatic rings. The van der Waals surface area contributed by atoms with E-state index in [0.29, 0.717) is 65.7 Å². The second kappa shape index (κ2) is 23.5. The minimum Gasteiger partial charge on any atom is -0.398 e. The Morgan fingerprint density at radius 3 is 1.45 bits per heavy atom. The molecule has 11 heteroatoms. The van der Waals surface area contributed by atoms with Crippen molar-refractivity contribution in [2.75, 3.05) is 31.9 Å². The summed E-state index contributed by atoms with van der Waals surface area (Å²) in [6, 6.07) is 31.2. The van der Waals surface area contributed by atoms with E-state index in [-0.39, 0.29) is 34.7 Å². The van der Waals surface area contributed by atoms with Gasteiger partial charge in [0.05, 0.1) is 23.3 Å². The number of hydrogen-bond donors (Lipinski definition) is 1. The molecular weight excluding hydrogens is 814 g/mol. The first kappa shape index (κ1) is 49.0. The summed E-state index contributed by atoms with van der Waals surface area (Å²) in [7, 11) is 0. The standard InChI is InChI=1S/C27H30N2O2S.C20H21N3O.C4H7ClO/c1-18(2)26(30)16-25(32)15-24-14-23(7-4-19(24)3)27(31)29-12-10-22(11-13-29)21-8-5-20(17-28)6-9-21;1-14-2-5-18(12-19(14)22)20(24)23-10-8-17(9-11-23)16-6-3-15(13-21)4-7-16;1-3(2)4(5)6/h4-9,14,18,22H,10-13,15-16H2,1-3H3;2-7,12,17H,8-11,22H2,1H3;3H,1-2H3. The van der Waals surface area contributed by atoms with Crippen LogP contribution in [0.3, 0.4) is 0 Å². The highest BCUT2D eigenvalue weighted by atomic mass is 35.5. The van der Waals surface area contributed by atoms with Gasteiger partial charge >= 0.3 is 0 Å². The Balaban J connectivity index is 0.000000248. The van der Waals surface area contributed by atoms with Crippen molar-refractivity contribution in [3.63, 3.8) is 0 Å². The van der Waals surface area contributed by atoms with Crippen LogP contribution in [0.2, 0.25) is 0 Å². The molecule has 0 spiro atoms. The first-order valence-corrected chi connectivity index (χ1v) is 22.1. The molecule has 4 aromatic rings. The number of anilines is 1. The largest absolute Gasteiger partial charge is 0.398 e. The maximum atomic E-state index is 13.1. The zero-order chi connectivity index (χ0) is 45.5. The normalized spacial score (nSPS) is 14.1. The molecule has 0 saturated carbocycles. The summed E-state index contributed by atoms with van der Waals surface area (Å²) in [5.41, 5.74) is 14.9. The van der Waals surface area contributed by atoms with Gasteiger partial charge in [0, 0.05) is 72.5 Å². The predicted molar refractivity (Wildman–Crippen MR) is 251 cm³/mol. The molecule has 2 N–H and O–H groups in total. The number of rotatable bonds is 10. The van der Waals surface area contributed by atoms with Gasteiger partial charge in [-0.3, -0.25) is 19.2 Å². The van der Waals surface area contributed by atoms with Crippen LogP contribution in [-0.2, 0) is 16.0 Å². The number of nitrogens with two attached hydrogens (primary N) is 1. The number of amides is 2. The Hall–Kier alpha value is -5.68. The van der Waals surface area contributed by atoms with Gasteiger partial charge in [0.15, 0.2) is 0 Å². The fraction of sp³-hybridized carbons (Fsp3) is 0.392. The lowest BCUT2D eigenvalue weighted by Crippen LogP contribution is -2.38. The summed E-state index contributed by atoms with van der Waals surface area (Å²) in [6.07, 6.45) is 4.57. The summed E-state index contributed by atoms with van der Waals surface area (Å²) >= 11 is 10.4. The van der Waals surface area contributed by atoms with Gasteiger partial charge in [0.25, 0.3) is 11.8 Å². The highest BCUT2D eigenvalue weighted by molar-refractivity contribution is 7.80. The van der Waals surface area contributed by atoms with E-state index in [1.165, 1.54) is 11.1 Å². The minimum absolute atomic E-state index is 0.0193. The summed E-state index contributed by atoms with van der Waals surface area (Å²) in [5.74, 6) is 1.08. The van der Waals surface area contributed by atoms with Crippen LogP contribution in [0.5, 0.6) is 0 Å². The number of hydrogen-bond acceptors (Lipinski definition) is 8. The Bertz CT molecular complexity index is 2290. The van der Waals surface area contributed by atoms with Gasteiger partial charge in [-0.2, -0.15) is 10.5 Å². The average molecular weight is 873 g/mol. The summed E-state index contributed by atoms with van der Waals surface area (Å²) < 4.78 is 0. The highest BCUT2D eigenvalue weighted by Crippen LogP contribution is 2.31. The van der Waals surface area contributed by atoms with E-state index in [4.69, 9.17) is 40.1 Å². The lowest BCUT2D eigenvalue weighted by molar-refractivity contribution is -0.120. The first-order chi connectivity index (χ1) is 29.5.